The lowest BCUT2D eigenvalue weighted by atomic mass is 10.2. The van der Waals surface area contributed by atoms with E-state index in [-0.39, 0.29) is 23.1 Å². The first kappa shape index (κ1) is 29.3. The van der Waals surface area contributed by atoms with Crippen molar-refractivity contribution in [3.63, 3.8) is 0 Å². The van der Waals surface area contributed by atoms with Crippen molar-refractivity contribution < 1.29 is 9.59 Å². The molecule has 2 aromatic rings. The Labute approximate surface area is 228 Å². The molecule has 0 aliphatic carbocycles. The van der Waals surface area contributed by atoms with Crippen molar-refractivity contribution in [3.05, 3.63) is 56.5 Å². The summed E-state index contributed by atoms with van der Waals surface area (Å²) in [6.07, 6.45) is 2.45. The quantitative estimate of drug-likeness (QED) is 0.122. The van der Waals surface area contributed by atoms with Crippen molar-refractivity contribution in [1.82, 2.24) is 9.80 Å². The van der Waals surface area contributed by atoms with Crippen molar-refractivity contribution in [1.29, 1.82) is 10.8 Å². The molecule has 0 aliphatic rings. The third-order valence-electron chi connectivity index (χ3n) is 4.93. The zero-order valence-electron chi connectivity index (χ0n) is 19.1. The third kappa shape index (κ3) is 8.94. The average Bonchev–Trinajstić information content (AvgIpc) is 2.78. The van der Waals surface area contributed by atoms with Crippen LogP contribution in [-0.4, -0.2) is 46.9 Å². The summed E-state index contributed by atoms with van der Waals surface area (Å²) in [5.41, 5.74) is 11.8. The summed E-state index contributed by atoms with van der Waals surface area (Å²) in [5.74, 6) is -0.809. The molecule has 0 saturated carbocycles. The molecule has 36 heavy (non-hydrogen) atoms. The van der Waals surface area contributed by atoms with Crippen LogP contribution in [0.25, 0.3) is 0 Å². The Morgan fingerprint density at radius 2 is 1.06 bits per heavy atom. The number of benzene rings is 2. The van der Waals surface area contributed by atoms with Crippen LogP contribution in [0, 0.1) is 10.8 Å². The van der Waals surface area contributed by atoms with Crippen molar-refractivity contribution >= 4 is 81.8 Å². The van der Waals surface area contributed by atoms with Gasteiger partial charge in [0.15, 0.2) is 11.9 Å². The van der Waals surface area contributed by atoms with Crippen LogP contribution in [0.15, 0.2) is 36.4 Å². The number of anilines is 2. The van der Waals surface area contributed by atoms with Gasteiger partial charge in [0.2, 0.25) is 0 Å². The number of halogens is 4. The normalized spacial score (nSPS) is 10.4. The standard InChI is InChI=1S/C22H26Cl4N8O2/c23-13-5-7-17(15(25)11-13)31-21(35)33(19(27)28)9-3-1-2-4-10-34(20(29)30)22(36)32-18-8-6-14(24)12-16(18)26/h5-8,11-12H,1-4,9-10H2,(H3,27,28)(H3,29,30)(H,31,35)(H,32,36). The monoisotopic (exact) mass is 574 g/mol. The topological polar surface area (TPSA) is 164 Å². The SMILES string of the molecule is N=C(N)N(CCCCCCN(C(=N)N)C(=O)Nc1ccc(Cl)cc1Cl)C(=O)Nc1ccc(Cl)cc1Cl. The molecule has 0 unspecified atom stereocenters. The molecule has 0 radical (unpaired) electrons. The number of urea groups is 2. The van der Waals surface area contributed by atoms with E-state index >= 15 is 0 Å². The van der Waals surface area contributed by atoms with Gasteiger partial charge in [-0.1, -0.05) is 59.2 Å². The largest absolute Gasteiger partial charge is 0.370 e. The highest BCUT2D eigenvalue weighted by Crippen LogP contribution is 2.26. The zero-order chi connectivity index (χ0) is 26.8. The van der Waals surface area contributed by atoms with E-state index < -0.39 is 24.0 Å². The summed E-state index contributed by atoms with van der Waals surface area (Å²) in [7, 11) is 0. The number of nitrogens with zero attached hydrogens (tertiary/aromatic N) is 2. The number of amides is 4. The average molecular weight is 576 g/mol. The van der Waals surface area contributed by atoms with Crippen LogP contribution in [0.4, 0.5) is 21.0 Å². The Hall–Kier alpha value is -2.92. The number of hydrogen-bond donors (Lipinski definition) is 6. The predicted octanol–water partition coefficient (Wildman–Crippen LogP) is 6.02. The number of carbonyl (C=O) groups is 2. The summed E-state index contributed by atoms with van der Waals surface area (Å²) in [5, 5.41) is 22.0. The maximum atomic E-state index is 12.5. The Bertz CT molecular complexity index is 1040. The molecule has 0 bridgehead atoms. The van der Waals surface area contributed by atoms with Crippen LogP contribution in [0.3, 0.4) is 0 Å². The fourth-order valence-corrected chi connectivity index (χ4v) is 4.01. The van der Waals surface area contributed by atoms with Gasteiger partial charge in [-0.05, 0) is 49.2 Å². The molecule has 0 atom stereocenters. The van der Waals surface area contributed by atoms with E-state index in [0.717, 1.165) is 9.80 Å². The van der Waals surface area contributed by atoms with E-state index in [0.29, 0.717) is 47.1 Å². The highest BCUT2D eigenvalue weighted by molar-refractivity contribution is 6.37. The van der Waals surface area contributed by atoms with Gasteiger partial charge in [0.1, 0.15) is 0 Å². The van der Waals surface area contributed by atoms with E-state index in [2.05, 4.69) is 10.6 Å². The van der Waals surface area contributed by atoms with Crippen LogP contribution in [0.1, 0.15) is 25.7 Å². The lowest BCUT2D eigenvalue weighted by Crippen LogP contribution is -2.44. The number of nitrogens with one attached hydrogen (secondary N) is 4. The van der Waals surface area contributed by atoms with Crippen molar-refractivity contribution in [2.24, 2.45) is 11.5 Å². The van der Waals surface area contributed by atoms with Gasteiger partial charge in [0, 0.05) is 23.1 Å². The molecular weight excluding hydrogens is 550 g/mol. The van der Waals surface area contributed by atoms with Gasteiger partial charge < -0.3 is 22.1 Å². The van der Waals surface area contributed by atoms with E-state index in [9.17, 15) is 9.59 Å². The molecule has 0 heterocycles. The molecule has 0 fully saturated rings. The number of nitrogens with two attached hydrogens (primary N) is 2. The number of carbonyl (C=O) groups excluding carboxylic acids is 2. The first-order chi connectivity index (χ1) is 17.0. The first-order valence-electron chi connectivity index (χ1n) is 10.7. The molecule has 10 nitrogen and oxygen atoms in total. The van der Waals surface area contributed by atoms with E-state index in [1.807, 2.05) is 0 Å². The molecule has 0 saturated heterocycles. The number of guanidine groups is 2. The molecule has 194 valence electrons. The minimum Gasteiger partial charge on any atom is -0.370 e. The number of rotatable bonds is 9. The predicted molar refractivity (Wildman–Crippen MR) is 147 cm³/mol. The smallest absolute Gasteiger partial charge is 0.328 e. The van der Waals surface area contributed by atoms with E-state index in [1.165, 1.54) is 12.1 Å². The maximum Gasteiger partial charge on any atom is 0.328 e. The Kier molecular flexibility index (Phi) is 11.4. The molecular formula is C22H26Cl4N8O2. The van der Waals surface area contributed by atoms with Crippen molar-refractivity contribution in [2.45, 2.75) is 25.7 Å². The summed E-state index contributed by atoms with van der Waals surface area (Å²) >= 11 is 23.9. The zero-order valence-corrected chi connectivity index (χ0v) is 22.1. The van der Waals surface area contributed by atoms with Gasteiger partial charge in [-0.25, -0.2) is 9.59 Å². The van der Waals surface area contributed by atoms with Crippen LogP contribution in [-0.2, 0) is 0 Å². The third-order valence-corrected chi connectivity index (χ3v) is 6.03. The number of hydrogen-bond acceptors (Lipinski definition) is 4. The van der Waals surface area contributed by atoms with Crippen molar-refractivity contribution in [2.75, 3.05) is 23.7 Å². The molecule has 4 amide bonds. The molecule has 0 spiro atoms. The summed E-state index contributed by atoms with van der Waals surface area (Å²) in [4.78, 5) is 27.3. The van der Waals surface area contributed by atoms with Crippen LogP contribution in [0.2, 0.25) is 20.1 Å². The summed E-state index contributed by atoms with van der Waals surface area (Å²) < 4.78 is 0. The molecule has 8 N–H and O–H groups in total. The van der Waals surface area contributed by atoms with E-state index in [4.69, 9.17) is 68.7 Å². The fourth-order valence-electron chi connectivity index (χ4n) is 3.10. The second kappa shape index (κ2) is 14.0. The van der Waals surface area contributed by atoms with Crippen LogP contribution in [0.5, 0.6) is 0 Å². The Balaban J connectivity index is 1.80. The van der Waals surface area contributed by atoms with Gasteiger partial charge in [-0.2, -0.15) is 0 Å². The van der Waals surface area contributed by atoms with Gasteiger partial charge in [-0.3, -0.25) is 20.6 Å². The highest BCUT2D eigenvalue weighted by Gasteiger charge is 2.19. The summed E-state index contributed by atoms with van der Waals surface area (Å²) in [6.45, 7) is 0.413. The van der Waals surface area contributed by atoms with Crippen LogP contribution >= 0.6 is 46.4 Å². The number of unbranched alkanes of at least 4 members (excludes halogenated alkanes) is 3. The molecule has 14 heteroatoms. The fraction of sp³-hybridized carbons (Fsp3) is 0.273. The van der Waals surface area contributed by atoms with Crippen molar-refractivity contribution in [3.8, 4) is 0 Å². The molecule has 0 aromatic heterocycles. The highest BCUT2D eigenvalue weighted by atomic mass is 35.5. The lowest BCUT2D eigenvalue weighted by Gasteiger charge is -2.22. The lowest BCUT2D eigenvalue weighted by molar-refractivity contribution is 0.230. The minimum atomic E-state index is -0.591. The van der Waals surface area contributed by atoms with Gasteiger partial charge in [-0.15, -0.1) is 0 Å². The van der Waals surface area contributed by atoms with E-state index in [1.54, 1.807) is 24.3 Å². The molecule has 2 rings (SSSR count). The Morgan fingerprint density at radius 1 is 0.694 bits per heavy atom. The van der Waals surface area contributed by atoms with Gasteiger partial charge >= 0.3 is 12.1 Å². The second-order valence-electron chi connectivity index (χ2n) is 7.60. The minimum absolute atomic E-state index is 0.207. The van der Waals surface area contributed by atoms with Crippen LogP contribution < -0.4 is 22.1 Å². The molecule has 0 aliphatic heterocycles. The summed E-state index contributed by atoms with van der Waals surface area (Å²) in [6, 6.07) is 8.07. The Morgan fingerprint density at radius 3 is 1.36 bits per heavy atom. The first-order valence-corrected chi connectivity index (χ1v) is 12.3. The second-order valence-corrected chi connectivity index (χ2v) is 9.28. The van der Waals surface area contributed by atoms with Gasteiger partial charge in [0.25, 0.3) is 0 Å². The maximum absolute atomic E-state index is 12.5. The van der Waals surface area contributed by atoms with Gasteiger partial charge in [0.05, 0.1) is 21.4 Å². The molecule has 2 aromatic carbocycles.